The lowest BCUT2D eigenvalue weighted by molar-refractivity contribution is 0.102. The first-order valence-electron chi connectivity index (χ1n) is 11.6. The molecule has 0 spiro atoms. The average Bonchev–Trinajstić information content (AvgIpc) is 2.88. The summed E-state index contributed by atoms with van der Waals surface area (Å²) in [6.45, 7) is 3.95. The van der Waals surface area contributed by atoms with Crippen LogP contribution in [-0.2, 0) is 16.5 Å². The number of amides is 1. The molecule has 1 amide bonds. The van der Waals surface area contributed by atoms with Crippen LogP contribution in [0.1, 0.15) is 29.8 Å². The molecule has 0 unspecified atom stereocenters. The molecule has 0 aliphatic rings. The van der Waals surface area contributed by atoms with Gasteiger partial charge in [-0.15, -0.1) is 10.2 Å². The first-order chi connectivity index (χ1) is 18.2. The number of nitrogens with zero attached hydrogens (tertiary/aromatic N) is 2. The number of aromatic hydroxyl groups is 1. The molecule has 0 saturated heterocycles. The van der Waals surface area contributed by atoms with Crippen molar-refractivity contribution in [2.45, 2.75) is 25.2 Å². The summed E-state index contributed by atoms with van der Waals surface area (Å²) >= 11 is 6.28. The number of phenols is 1. The van der Waals surface area contributed by atoms with E-state index in [9.17, 15) is 22.9 Å². The minimum Gasteiger partial charge on any atom is -0.505 e. The summed E-state index contributed by atoms with van der Waals surface area (Å²) in [7, 11) is -4.63. The second kappa shape index (κ2) is 11.2. The molecule has 0 atom stereocenters. The van der Waals surface area contributed by atoms with Crippen molar-refractivity contribution in [2.24, 2.45) is 10.2 Å². The summed E-state index contributed by atoms with van der Waals surface area (Å²) in [4.78, 5) is 12.8. The van der Waals surface area contributed by atoms with Gasteiger partial charge in [-0.05, 0) is 48.6 Å². The van der Waals surface area contributed by atoms with Gasteiger partial charge < -0.3 is 15.2 Å². The minimum atomic E-state index is -4.63. The molecule has 9 nitrogen and oxygen atoms in total. The lowest BCUT2D eigenvalue weighted by atomic mass is 10.0. The van der Waals surface area contributed by atoms with Gasteiger partial charge in [-0.2, -0.15) is 8.42 Å². The Bertz CT molecular complexity index is 1670. The highest BCUT2D eigenvalue weighted by molar-refractivity contribution is 7.86. The van der Waals surface area contributed by atoms with Crippen molar-refractivity contribution in [3.8, 4) is 11.5 Å². The number of azo groups is 1. The molecule has 0 saturated carbocycles. The monoisotopic (exact) mass is 553 g/mol. The Hall–Kier alpha value is -3.99. The third kappa shape index (κ3) is 5.47. The molecule has 3 N–H and O–H groups in total. The highest BCUT2D eigenvalue weighted by Crippen LogP contribution is 2.41. The van der Waals surface area contributed by atoms with E-state index in [2.05, 4.69) is 15.5 Å². The standard InChI is InChI=1S/C27H24ClN3O6S/c1-3-16-13-14-21(23(28)26(16)38(34,35)36)30-31-24-18-10-6-5-9-17(18)15-19(25(24)32)27(33)29-20-11-7-8-12-22(20)37-4-2/h5-15,32H,3-4H2,1-2H3,(H,29,33)(H,34,35,36). The van der Waals surface area contributed by atoms with Gasteiger partial charge in [0.25, 0.3) is 16.0 Å². The van der Waals surface area contributed by atoms with Crippen LogP contribution in [0.15, 0.2) is 81.9 Å². The molecule has 38 heavy (non-hydrogen) atoms. The number of aryl methyl sites for hydroxylation is 1. The fourth-order valence-corrected chi connectivity index (χ4v) is 5.35. The third-order valence-electron chi connectivity index (χ3n) is 5.73. The maximum Gasteiger partial charge on any atom is 0.296 e. The molecule has 4 rings (SSSR count). The number of nitrogens with one attached hydrogen (secondary N) is 1. The first-order valence-corrected chi connectivity index (χ1v) is 13.5. The van der Waals surface area contributed by atoms with Crippen molar-refractivity contribution in [3.05, 3.63) is 82.9 Å². The molecule has 11 heteroatoms. The topological polar surface area (TPSA) is 138 Å². The predicted molar refractivity (Wildman–Crippen MR) is 146 cm³/mol. The number of benzene rings is 4. The van der Waals surface area contributed by atoms with E-state index in [0.717, 1.165) is 0 Å². The van der Waals surface area contributed by atoms with E-state index < -0.39 is 26.7 Å². The fourth-order valence-electron chi connectivity index (χ4n) is 3.96. The fraction of sp³-hybridized carbons (Fsp3) is 0.148. The summed E-state index contributed by atoms with van der Waals surface area (Å²) in [5, 5.41) is 22.9. The minimum absolute atomic E-state index is 0.0182. The summed E-state index contributed by atoms with van der Waals surface area (Å²) in [5.41, 5.74) is 0.622. The lowest BCUT2D eigenvalue weighted by Crippen LogP contribution is -2.13. The van der Waals surface area contributed by atoms with Crippen LogP contribution in [0, 0.1) is 0 Å². The lowest BCUT2D eigenvalue weighted by Gasteiger charge is -2.13. The van der Waals surface area contributed by atoms with E-state index >= 15 is 0 Å². The number of carbonyl (C=O) groups excluding carboxylic acids is 1. The number of halogens is 1. The molecule has 0 aromatic heterocycles. The Morgan fingerprint density at radius 2 is 1.74 bits per heavy atom. The number of hydrogen-bond donors (Lipinski definition) is 3. The van der Waals surface area contributed by atoms with E-state index in [-0.39, 0.29) is 22.0 Å². The molecule has 4 aromatic rings. The summed E-state index contributed by atoms with van der Waals surface area (Å²) < 4.78 is 39.1. The van der Waals surface area contributed by atoms with Crippen LogP contribution in [0.25, 0.3) is 10.8 Å². The predicted octanol–water partition coefficient (Wildman–Crippen LogP) is 7.07. The zero-order valence-electron chi connectivity index (χ0n) is 20.5. The van der Waals surface area contributed by atoms with Crippen LogP contribution < -0.4 is 10.1 Å². The van der Waals surface area contributed by atoms with E-state index in [4.69, 9.17) is 16.3 Å². The zero-order chi connectivity index (χ0) is 27.4. The second-order valence-corrected chi connectivity index (χ2v) is 9.88. The summed E-state index contributed by atoms with van der Waals surface area (Å²) in [6, 6.07) is 18.3. The van der Waals surface area contributed by atoms with Gasteiger partial charge in [-0.3, -0.25) is 9.35 Å². The van der Waals surface area contributed by atoms with Gasteiger partial charge in [0.15, 0.2) is 5.75 Å². The van der Waals surface area contributed by atoms with Crippen molar-refractivity contribution in [1.82, 2.24) is 0 Å². The molecular weight excluding hydrogens is 530 g/mol. The number of fused-ring (bicyclic) bond motifs is 1. The zero-order valence-corrected chi connectivity index (χ0v) is 22.0. The maximum absolute atomic E-state index is 13.2. The van der Waals surface area contributed by atoms with Gasteiger partial charge in [0.2, 0.25) is 0 Å². The highest BCUT2D eigenvalue weighted by atomic mass is 35.5. The first kappa shape index (κ1) is 27.1. The highest BCUT2D eigenvalue weighted by Gasteiger charge is 2.23. The van der Waals surface area contributed by atoms with E-state index in [0.29, 0.717) is 40.8 Å². The van der Waals surface area contributed by atoms with Crippen molar-refractivity contribution in [2.75, 3.05) is 11.9 Å². The third-order valence-corrected chi connectivity index (χ3v) is 7.21. The Kier molecular flexibility index (Phi) is 7.96. The molecule has 0 radical (unpaired) electrons. The normalized spacial score (nSPS) is 11.7. The number of phenolic OH excluding ortho intramolecular Hbond substituents is 1. The van der Waals surface area contributed by atoms with Crippen LogP contribution in [0.5, 0.6) is 11.5 Å². The Balaban J connectivity index is 1.81. The average molecular weight is 554 g/mol. The van der Waals surface area contributed by atoms with Crippen LogP contribution in [0.4, 0.5) is 17.1 Å². The molecule has 0 aliphatic carbocycles. The Morgan fingerprint density at radius 3 is 2.45 bits per heavy atom. The molecule has 0 aliphatic heterocycles. The van der Waals surface area contributed by atoms with Crippen LogP contribution >= 0.6 is 11.6 Å². The van der Waals surface area contributed by atoms with Gasteiger partial charge in [-0.1, -0.05) is 61.0 Å². The van der Waals surface area contributed by atoms with Gasteiger partial charge in [0.05, 0.1) is 22.9 Å². The molecule has 196 valence electrons. The Labute approximate surface area is 224 Å². The van der Waals surface area contributed by atoms with E-state index in [1.54, 1.807) is 55.5 Å². The molecule has 0 heterocycles. The number of ether oxygens (including phenoxy) is 1. The number of rotatable bonds is 8. The van der Waals surface area contributed by atoms with Crippen molar-refractivity contribution in [1.29, 1.82) is 0 Å². The molecule has 4 aromatic carbocycles. The van der Waals surface area contributed by atoms with E-state index in [1.807, 2.05) is 6.92 Å². The molecule has 0 bridgehead atoms. The molecule has 0 fully saturated rings. The number of hydrogen-bond acceptors (Lipinski definition) is 7. The van der Waals surface area contributed by atoms with Crippen LogP contribution in [0.3, 0.4) is 0 Å². The van der Waals surface area contributed by atoms with Gasteiger partial charge >= 0.3 is 0 Å². The van der Waals surface area contributed by atoms with Crippen LogP contribution in [-0.4, -0.2) is 30.6 Å². The van der Waals surface area contributed by atoms with Crippen molar-refractivity contribution >= 4 is 55.5 Å². The van der Waals surface area contributed by atoms with Crippen molar-refractivity contribution < 1.29 is 27.6 Å². The SMILES string of the molecule is CCOc1ccccc1NC(=O)c1cc2ccccc2c(N=Nc2ccc(CC)c(S(=O)(=O)O)c2Cl)c1O. The number of anilines is 1. The second-order valence-electron chi connectivity index (χ2n) is 8.14. The quantitative estimate of drug-likeness (QED) is 0.157. The van der Waals surface area contributed by atoms with Gasteiger partial charge in [0, 0.05) is 5.39 Å². The van der Waals surface area contributed by atoms with E-state index in [1.165, 1.54) is 18.2 Å². The van der Waals surface area contributed by atoms with Crippen LogP contribution in [0.2, 0.25) is 5.02 Å². The van der Waals surface area contributed by atoms with Gasteiger partial charge in [0.1, 0.15) is 22.0 Å². The number of carbonyl (C=O) groups is 1. The summed E-state index contributed by atoms with van der Waals surface area (Å²) in [6.07, 6.45) is 0.307. The summed E-state index contributed by atoms with van der Waals surface area (Å²) in [5.74, 6) is -0.561. The Morgan fingerprint density at radius 1 is 1.03 bits per heavy atom. The van der Waals surface area contributed by atoms with Crippen molar-refractivity contribution in [3.63, 3.8) is 0 Å². The smallest absolute Gasteiger partial charge is 0.296 e. The largest absolute Gasteiger partial charge is 0.505 e. The maximum atomic E-state index is 13.2. The molecular formula is C27H24ClN3O6S. The number of para-hydroxylation sites is 2. The van der Waals surface area contributed by atoms with Gasteiger partial charge in [-0.25, -0.2) is 0 Å².